The molecule has 0 spiro atoms. The second-order valence-corrected chi connectivity index (χ2v) is 6.45. The number of terminal acetylenes is 1. The maximum Gasteiger partial charge on any atom is 0.254 e. The second-order valence-electron chi connectivity index (χ2n) is 6.45. The molecule has 1 N–H and O–H groups in total. The lowest BCUT2D eigenvalue weighted by Gasteiger charge is -2.37. The maximum atomic E-state index is 13.0. The van der Waals surface area contributed by atoms with Gasteiger partial charge < -0.3 is 10.2 Å². The normalized spacial score (nSPS) is 16.1. The molecule has 5 heteroatoms. The van der Waals surface area contributed by atoms with Crippen LogP contribution in [0.5, 0.6) is 0 Å². The van der Waals surface area contributed by atoms with Gasteiger partial charge in [0.05, 0.1) is 12.6 Å². The summed E-state index contributed by atoms with van der Waals surface area (Å²) in [5.74, 6) is 2.38. The van der Waals surface area contributed by atoms with Crippen molar-refractivity contribution in [2.24, 2.45) is 0 Å². The van der Waals surface area contributed by atoms with Crippen LogP contribution in [0, 0.1) is 12.3 Å². The Hall–Kier alpha value is -2.84. The third-order valence-electron chi connectivity index (χ3n) is 4.91. The fourth-order valence-electron chi connectivity index (χ4n) is 3.35. The quantitative estimate of drug-likeness (QED) is 0.856. The molecule has 0 aromatic heterocycles. The van der Waals surface area contributed by atoms with Crippen molar-refractivity contribution in [3.8, 4) is 12.3 Å². The first-order valence-corrected chi connectivity index (χ1v) is 8.84. The first-order chi connectivity index (χ1) is 12.6. The molecule has 2 aromatic rings. The number of nitrogens with zero attached hydrogens (tertiary/aromatic N) is 2. The molecule has 5 nitrogen and oxygen atoms in total. The van der Waals surface area contributed by atoms with E-state index in [1.165, 1.54) is 0 Å². The third-order valence-corrected chi connectivity index (χ3v) is 4.91. The van der Waals surface area contributed by atoms with Crippen molar-refractivity contribution >= 4 is 22.6 Å². The van der Waals surface area contributed by atoms with Crippen molar-refractivity contribution in [1.29, 1.82) is 0 Å². The molecule has 2 amide bonds. The molecule has 0 saturated carbocycles. The average Bonchev–Trinajstić information content (AvgIpc) is 2.70. The van der Waals surface area contributed by atoms with Crippen LogP contribution in [0.3, 0.4) is 0 Å². The molecule has 1 aliphatic rings. The number of fused-ring (bicyclic) bond motifs is 1. The van der Waals surface area contributed by atoms with E-state index >= 15 is 0 Å². The Bertz CT molecular complexity index is 842. The Morgan fingerprint density at radius 1 is 1.12 bits per heavy atom. The molecule has 26 heavy (non-hydrogen) atoms. The van der Waals surface area contributed by atoms with Crippen molar-refractivity contribution in [2.45, 2.75) is 13.0 Å². The van der Waals surface area contributed by atoms with Crippen molar-refractivity contribution in [2.75, 3.05) is 32.7 Å². The van der Waals surface area contributed by atoms with Crippen LogP contribution in [0.2, 0.25) is 0 Å². The third kappa shape index (κ3) is 3.71. The zero-order valence-electron chi connectivity index (χ0n) is 14.9. The number of rotatable bonds is 4. The van der Waals surface area contributed by atoms with Crippen LogP contribution in [0.1, 0.15) is 17.3 Å². The number of nitrogens with one attached hydrogen (secondary N) is 1. The summed E-state index contributed by atoms with van der Waals surface area (Å²) >= 11 is 0. The summed E-state index contributed by atoms with van der Waals surface area (Å²) in [6, 6.07) is 13.5. The van der Waals surface area contributed by atoms with Gasteiger partial charge in [0.1, 0.15) is 0 Å². The number of hydrogen-bond donors (Lipinski definition) is 1. The molecule has 1 atom stereocenters. The molecule has 0 radical (unpaired) electrons. The zero-order valence-corrected chi connectivity index (χ0v) is 14.9. The molecule has 3 rings (SSSR count). The number of piperazine rings is 1. The van der Waals surface area contributed by atoms with E-state index in [1.54, 1.807) is 0 Å². The Morgan fingerprint density at radius 3 is 2.54 bits per heavy atom. The highest BCUT2D eigenvalue weighted by Gasteiger charge is 2.28. The lowest BCUT2D eigenvalue weighted by molar-refractivity contribution is -0.126. The summed E-state index contributed by atoms with van der Waals surface area (Å²) in [5.41, 5.74) is 0.733. The average molecular weight is 349 g/mol. The summed E-state index contributed by atoms with van der Waals surface area (Å²) in [6.07, 6.45) is 5.18. The van der Waals surface area contributed by atoms with E-state index in [1.807, 2.05) is 54.3 Å². The van der Waals surface area contributed by atoms with E-state index in [0.29, 0.717) is 26.2 Å². The van der Waals surface area contributed by atoms with Crippen molar-refractivity contribution in [3.05, 3.63) is 48.0 Å². The summed E-state index contributed by atoms with van der Waals surface area (Å²) in [5, 5.41) is 4.75. The van der Waals surface area contributed by atoms with Gasteiger partial charge in [-0.15, -0.1) is 6.42 Å². The topological polar surface area (TPSA) is 52.7 Å². The van der Waals surface area contributed by atoms with Gasteiger partial charge in [-0.05, 0) is 23.8 Å². The number of benzene rings is 2. The van der Waals surface area contributed by atoms with Gasteiger partial charge in [0, 0.05) is 31.7 Å². The SMILES string of the molecule is C#CCNC(=O)C(C)N1CCN(C(=O)c2cccc3ccccc23)CC1. The zero-order chi connectivity index (χ0) is 18.5. The molecule has 1 heterocycles. The number of carbonyl (C=O) groups excluding carboxylic acids is 2. The van der Waals surface area contributed by atoms with Gasteiger partial charge in [-0.3, -0.25) is 14.5 Å². The Labute approximate surface area is 154 Å². The van der Waals surface area contributed by atoms with Gasteiger partial charge in [-0.1, -0.05) is 42.3 Å². The largest absolute Gasteiger partial charge is 0.344 e. The molecule has 1 fully saturated rings. The summed E-state index contributed by atoms with van der Waals surface area (Å²) < 4.78 is 0. The minimum Gasteiger partial charge on any atom is -0.344 e. The Balaban J connectivity index is 1.65. The van der Waals surface area contributed by atoms with Crippen LogP contribution in [0.15, 0.2) is 42.5 Å². The van der Waals surface area contributed by atoms with Crippen molar-refractivity contribution in [3.63, 3.8) is 0 Å². The number of hydrogen-bond acceptors (Lipinski definition) is 3. The second kappa shape index (κ2) is 8.03. The number of amides is 2. The van der Waals surface area contributed by atoms with Gasteiger partial charge in [0.2, 0.25) is 5.91 Å². The first kappa shape index (κ1) is 18.0. The van der Waals surface area contributed by atoms with E-state index in [0.717, 1.165) is 16.3 Å². The van der Waals surface area contributed by atoms with Crippen LogP contribution in [-0.4, -0.2) is 60.4 Å². The van der Waals surface area contributed by atoms with E-state index in [2.05, 4.69) is 16.1 Å². The molecule has 1 saturated heterocycles. The Morgan fingerprint density at radius 2 is 1.81 bits per heavy atom. The smallest absolute Gasteiger partial charge is 0.254 e. The fourth-order valence-corrected chi connectivity index (χ4v) is 3.35. The van der Waals surface area contributed by atoms with E-state index in [4.69, 9.17) is 6.42 Å². The molecule has 1 aliphatic heterocycles. The fraction of sp³-hybridized carbons (Fsp3) is 0.333. The lowest BCUT2D eigenvalue weighted by atomic mass is 10.0. The summed E-state index contributed by atoms with van der Waals surface area (Å²) in [7, 11) is 0. The van der Waals surface area contributed by atoms with Gasteiger partial charge in [0.25, 0.3) is 5.91 Å². The van der Waals surface area contributed by atoms with E-state index < -0.39 is 0 Å². The van der Waals surface area contributed by atoms with Crippen LogP contribution < -0.4 is 5.32 Å². The maximum absolute atomic E-state index is 13.0. The highest BCUT2D eigenvalue weighted by atomic mass is 16.2. The molecule has 134 valence electrons. The highest BCUT2D eigenvalue weighted by Crippen LogP contribution is 2.21. The van der Waals surface area contributed by atoms with Crippen LogP contribution in [0.4, 0.5) is 0 Å². The molecular weight excluding hydrogens is 326 g/mol. The van der Waals surface area contributed by atoms with Gasteiger partial charge in [0.15, 0.2) is 0 Å². The minimum absolute atomic E-state index is 0.0471. The molecular formula is C21H23N3O2. The standard InChI is InChI=1S/C21H23N3O2/c1-3-11-22-20(25)16(2)23-12-14-24(15-13-23)21(26)19-10-6-8-17-7-4-5-9-18(17)19/h1,4-10,16H,11-15H2,2H3,(H,22,25). The monoisotopic (exact) mass is 349 g/mol. The molecule has 0 aliphatic carbocycles. The summed E-state index contributed by atoms with van der Waals surface area (Å²) in [6.45, 7) is 4.66. The highest BCUT2D eigenvalue weighted by molar-refractivity contribution is 6.07. The number of carbonyl (C=O) groups is 2. The first-order valence-electron chi connectivity index (χ1n) is 8.84. The van der Waals surface area contributed by atoms with Gasteiger partial charge in [-0.25, -0.2) is 0 Å². The lowest BCUT2D eigenvalue weighted by Crippen LogP contribution is -2.55. The van der Waals surface area contributed by atoms with Crippen LogP contribution in [0.25, 0.3) is 10.8 Å². The van der Waals surface area contributed by atoms with Crippen molar-refractivity contribution in [1.82, 2.24) is 15.1 Å². The van der Waals surface area contributed by atoms with Crippen molar-refractivity contribution < 1.29 is 9.59 Å². The van der Waals surface area contributed by atoms with Crippen LogP contribution >= 0.6 is 0 Å². The summed E-state index contributed by atoms with van der Waals surface area (Å²) in [4.78, 5) is 29.0. The predicted octanol–water partition coefficient (Wildman–Crippen LogP) is 1.74. The van der Waals surface area contributed by atoms with E-state index in [-0.39, 0.29) is 24.4 Å². The van der Waals surface area contributed by atoms with Gasteiger partial charge in [-0.2, -0.15) is 0 Å². The minimum atomic E-state index is -0.252. The Kier molecular flexibility index (Phi) is 5.55. The molecule has 0 bridgehead atoms. The van der Waals surface area contributed by atoms with Crippen LogP contribution in [-0.2, 0) is 4.79 Å². The van der Waals surface area contributed by atoms with Gasteiger partial charge >= 0.3 is 0 Å². The molecule has 1 unspecified atom stereocenters. The van der Waals surface area contributed by atoms with E-state index in [9.17, 15) is 9.59 Å². The molecule has 2 aromatic carbocycles. The predicted molar refractivity (Wildman–Crippen MR) is 103 cm³/mol.